The first-order valence-corrected chi connectivity index (χ1v) is 10.6. The Hall–Kier alpha value is -0.713. The fourth-order valence-corrected chi connectivity index (χ4v) is 4.09. The first-order valence-electron chi connectivity index (χ1n) is 7.67. The fraction of sp³-hybridized carbons (Fsp3) is 0.706. The van der Waals surface area contributed by atoms with E-state index in [1.807, 2.05) is 6.08 Å². The van der Waals surface area contributed by atoms with Crippen molar-refractivity contribution in [3.8, 4) is 0 Å². The highest BCUT2D eigenvalue weighted by molar-refractivity contribution is 6.74. The standard InChI is InChI=1S/C17H30O3Si/c1-8-10-12-15(20-21(6,7)17(3,4)5)11-14(19)16(12)13(18)9-2/h8-9,12-13,15-16,18H,1-2,10-11H2,3-7H3. The lowest BCUT2D eigenvalue weighted by Crippen LogP contribution is -2.45. The molecule has 1 saturated carbocycles. The zero-order valence-corrected chi connectivity index (χ0v) is 15.1. The van der Waals surface area contributed by atoms with Gasteiger partial charge in [-0.1, -0.05) is 32.9 Å². The number of hydrogen-bond donors (Lipinski definition) is 1. The van der Waals surface area contributed by atoms with Crippen molar-refractivity contribution in [2.24, 2.45) is 11.8 Å². The predicted octanol–water partition coefficient (Wildman–Crippen LogP) is 3.71. The van der Waals surface area contributed by atoms with Gasteiger partial charge in [-0.15, -0.1) is 13.2 Å². The Morgan fingerprint density at radius 3 is 2.43 bits per heavy atom. The van der Waals surface area contributed by atoms with Gasteiger partial charge in [0.1, 0.15) is 5.78 Å². The zero-order valence-electron chi connectivity index (χ0n) is 14.1. The molecule has 1 N–H and O–H groups in total. The number of rotatable bonds is 6. The molecule has 0 amide bonds. The summed E-state index contributed by atoms with van der Waals surface area (Å²) in [6.45, 7) is 18.4. The second-order valence-corrected chi connectivity index (χ2v) is 12.3. The van der Waals surface area contributed by atoms with Crippen molar-refractivity contribution in [3.05, 3.63) is 25.3 Å². The molecule has 1 aliphatic carbocycles. The van der Waals surface area contributed by atoms with E-state index in [2.05, 4.69) is 47.0 Å². The maximum absolute atomic E-state index is 12.3. The third-order valence-electron chi connectivity index (χ3n) is 5.01. The summed E-state index contributed by atoms with van der Waals surface area (Å²) in [5.41, 5.74) is 0. The molecule has 4 atom stereocenters. The molecule has 0 saturated heterocycles. The van der Waals surface area contributed by atoms with E-state index >= 15 is 0 Å². The molecule has 1 rings (SSSR count). The molecule has 0 aromatic rings. The predicted molar refractivity (Wildman–Crippen MR) is 89.7 cm³/mol. The number of carbonyl (C=O) groups excluding carboxylic acids is 1. The summed E-state index contributed by atoms with van der Waals surface area (Å²) in [5, 5.41) is 10.2. The van der Waals surface area contributed by atoms with E-state index in [0.29, 0.717) is 12.8 Å². The van der Waals surface area contributed by atoms with Gasteiger partial charge in [-0.25, -0.2) is 0 Å². The number of hydrogen-bond acceptors (Lipinski definition) is 3. The van der Waals surface area contributed by atoms with Crippen LogP contribution in [0.4, 0.5) is 0 Å². The quantitative estimate of drug-likeness (QED) is 0.601. The highest BCUT2D eigenvalue weighted by Gasteiger charge is 2.49. The van der Waals surface area contributed by atoms with Gasteiger partial charge in [0.05, 0.1) is 18.1 Å². The van der Waals surface area contributed by atoms with Crippen LogP contribution in [-0.2, 0) is 9.22 Å². The largest absolute Gasteiger partial charge is 0.413 e. The van der Waals surface area contributed by atoms with Crippen LogP contribution < -0.4 is 0 Å². The lowest BCUT2D eigenvalue weighted by Gasteiger charge is -2.40. The van der Waals surface area contributed by atoms with Gasteiger partial charge in [-0.05, 0) is 24.6 Å². The van der Waals surface area contributed by atoms with Crippen LogP contribution in [0.2, 0.25) is 18.1 Å². The van der Waals surface area contributed by atoms with Crippen molar-refractivity contribution in [2.75, 3.05) is 0 Å². The summed E-state index contributed by atoms with van der Waals surface area (Å²) >= 11 is 0. The summed E-state index contributed by atoms with van der Waals surface area (Å²) in [7, 11) is -1.94. The number of allylic oxidation sites excluding steroid dienone is 1. The van der Waals surface area contributed by atoms with Gasteiger partial charge in [-0.3, -0.25) is 4.79 Å². The Bertz CT molecular complexity index is 409. The van der Waals surface area contributed by atoms with Crippen LogP contribution in [0.1, 0.15) is 33.6 Å². The Labute approximate surface area is 130 Å². The number of aliphatic hydroxyl groups excluding tert-OH is 1. The molecular formula is C17H30O3Si. The van der Waals surface area contributed by atoms with Crippen molar-refractivity contribution < 1.29 is 14.3 Å². The second kappa shape index (κ2) is 6.59. The van der Waals surface area contributed by atoms with Gasteiger partial charge >= 0.3 is 0 Å². The summed E-state index contributed by atoms with van der Waals surface area (Å²) in [4.78, 5) is 12.3. The van der Waals surface area contributed by atoms with Gasteiger partial charge in [0.25, 0.3) is 0 Å². The van der Waals surface area contributed by atoms with Crippen LogP contribution in [0.25, 0.3) is 0 Å². The summed E-state index contributed by atoms with van der Waals surface area (Å²) in [5.74, 6) is -0.328. The molecule has 1 fully saturated rings. The average Bonchev–Trinajstić information content (AvgIpc) is 2.63. The molecule has 4 unspecified atom stereocenters. The van der Waals surface area contributed by atoms with Crippen LogP contribution in [0.3, 0.4) is 0 Å². The first-order chi connectivity index (χ1) is 9.55. The summed E-state index contributed by atoms with van der Waals surface area (Å²) in [6, 6.07) is 0. The molecule has 0 bridgehead atoms. The van der Waals surface area contributed by atoms with E-state index in [-0.39, 0.29) is 22.8 Å². The molecule has 0 heterocycles. The molecule has 0 spiro atoms. The smallest absolute Gasteiger partial charge is 0.192 e. The third kappa shape index (κ3) is 3.93. The van der Waals surface area contributed by atoms with Crippen LogP contribution in [0.15, 0.2) is 25.3 Å². The maximum atomic E-state index is 12.3. The topological polar surface area (TPSA) is 46.5 Å². The van der Waals surface area contributed by atoms with Gasteiger partial charge in [0.15, 0.2) is 8.32 Å². The fourth-order valence-electron chi connectivity index (χ4n) is 2.72. The van der Waals surface area contributed by atoms with Gasteiger partial charge < -0.3 is 9.53 Å². The molecule has 0 aliphatic heterocycles. The van der Waals surface area contributed by atoms with Gasteiger partial charge in [-0.2, -0.15) is 0 Å². The van der Waals surface area contributed by atoms with E-state index in [4.69, 9.17) is 4.43 Å². The number of Topliss-reactive ketones (excluding diaryl/α,β-unsaturated/α-hetero) is 1. The minimum absolute atomic E-state index is 0.00266. The van der Waals surface area contributed by atoms with E-state index in [9.17, 15) is 9.90 Å². The summed E-state index contributed by atoms with van der Waals surface area (Å²) < 4.78 is 6.45. The molecule has 4 heteroatoms. The van der Waals surface area contributed by atoms with Crippen molar-refractivity contribution in [1.82, 2.24) is 0 Å². The normalized spacial score (nSPS) is 28.5. The Kier molecular flexibility index (Phi) is 5.75. The van der Waals surface area contributed by atoms with Crippen LogP contribution >= 0.6 is 0 Å². The lowest BCUT2D eigenvalue weighted by molar-refractivity contribution is -0.123. The minimum atomic E-state index is -1.94. The van der Waals surface area contributed by atoms with Crippen molar-refractivity contribution >= 4 is 14.1 Å². The van der Waals surface area contributed by atoms with Crippen molar-refractivity contribution in [1.29, 1.82) is 0 Å². The summed E-state index contributed by atoms with van der Waals surface area (Å²) in [6.07, 6.45) is 3.43. The van der Waals surface area contributed by atoms with Gasteiger partial charge in [0.2, 0.25) is 0 Å². The average molecular weight is 311 g/mol. The second-order valence-electron chi connectivity index (χ2n) is 7.53. The Morgan fingerprint density at radius 1 is 1.43 bits per heavy atom. The molecule has 3 nitrogen and oxygen atoms in total. The zero-order chi connectivity index (χ0) is 16.4. The molecule has 0 radical (unpaired) electrons. The third-order valence-corrected chi connectivity index (χ3v) is 9.52. The molecule has 1 aliphatic rings. The maximum Gasteiger partial charge on any atom is 0.192 e. The highest BCUT2D eigenvalue weighted by Crippen LogP contribution is 2.43. The molecule has 21 heavy (non-hydrogen) atoms. The van der Waals surface area contributed by atoms with E-state index in [1.54, 1.807) is 0 Å². The van der Waals surface area contributed by atoms with Crippen molar-refractivity contribution in [3.63, 3.8) is 0 Å². The SMILES string of the molecule is C=CCC1C(O[Si](C)(C)C(C)(C)C)CC(=O)C1C(O)C=C. The lowest BCUT2D eigenvalue weighted by atomic mass is 9.87. The molecule has 120 valence electrons. The number of ketones is 1. The van der Waals surface area contributed by atoms with Crippen LogP contribution in [0, 0.1) is 11.8 Å². The minimum Gasteiger partial charge on any atom is -0.413 e. The van der Waals surface area contributed by atoms with Gasteiger partial charge in [0, 0.05) is 12.3 Å². The number of carbonyl (C=O) groups is 1. The van der Waals surface area contributed by atoms with Crippen molar-refractivity contribution in [2.45, 2.75) is 64.0 Å². The first kappa shape index (κ1) is 18.3. The monoisotopic (exact) mass is 310 g/mol. The number of aliphatic hydroxyl groups is 1. The highest BCUT2D eigenvalue weighted by atomic mass is 28.4. The van der Waals surface area contributed by atoms with Crippen LogP contribution in [-0.4, -0.2) is 31.4 Å². The van der Waals surface area contributed by atoms with Crippen LogP contribution in [0.5, 0.6) is 0 Å². The Balaban J connectivity index is 2.99. The van der Waals surface area contributed by atoms with E-state index < -0.39 is 20.3 Å². The van der Waals surface area contributed by atoms with E-state index in [0.717, 1.165) is 0 Å². The Morgan fingerprint density at radius 2 is 2.00 bits per heavy atom. The molecule has 0 aromatic carbocycles. The molecule has 0 aromatic heterocycles. The van der Waals surface area contributed by atoms with E-state index in [1.165, 1.54) is 6.08 Å². The molecular weight excluding hydrogens is 280 g/mol.